The van der Waals surface area contributed by atoms with E-state index in [0.29, 0.717) is 6.54 Å². The SMILES string of the molecule is CCCCCCCCCCCCNC(=O)N(C)CC(O)C(O)C(O)C(O)CO. The Hall–Kier alpha value is -0.930. The number of hydrogen-bond donors (Lipinski definition) is 6. The molecule has 2 amide bonds. The molecule has 168 valence electrons. The van der Waals surface area contributed by atoms with Gasteiger partial charge in [-0.15, -0.1) is 0 Å². The fourth-order valence-corrected chi connectivity index (χ4v) is 2.98. The molecule has 0 fully saturated rings. The molecule has 0 saturated carbocycles. The summed E-state index contributed by atoms with van der Waals surface area (Å²) in [6.45, 7) is 1.82. The first kappa shape index (κ1) is 27.1. The molecule has 0 heterocycles. The summed E-state index contributed by atoms with van der Waals surface area (Å²) in [6, 6.07) is -0.376. The molecule has 0 rings (SSSR count). The molecule has 0 aliphatic heterocycles. The van der Waals surface area contributed by atoms with Crippen LogP contribution in [0, 0.1) is 0 Å². The fourth-order valence-electron chi connectivity index (χ4n) is 2.98. The van der Waals surface area contributed by atoms with Gasteiger partial charge in [-0.25, -0.2) is 4.79 Å². The highest BCUT2D eigenvalue weighted by atomic mass is 16.4. The van der Waals surface area contributed by atoms with Crippen molar-refractivity contribution in [1.82, 2.24) is 10.2 Å². The lowest BCUT2D eigenvalue weighted by Gasteiger charge is -2.28. The van der Waals surface area contributed by atoms with Crippen LogP contribution in [0.3, 0.4) is 0 Å². The van der Waals surface area contributed by atoms with E-state index in [1.165, 1.54) is 56.9 Å². The van der Waals surface area contributed by atoms with Gasteiger partial charge in [0.05, 0.1) is 13.2 Å². The van der Waals surface area contributed by atoms with E-state index >= 15 is 0 Å². The maximum atomic E-state index is 12.0. The monoisotopic (exact) mass is 406 g/mol. The summed E-state index contributed by atoms with van der Waals surface area (Å²) >= 11 is 0. The molecule has 4 unspecified atom stereocenters. The minimum Gasteiger partial charge on any atom is -0.394 e. The Labute approximate surface area is 169 Å². The molecule has 0 bridgehead atoms. The predicted octanol–water partition coefficient (Wildman–Crippen LogP) is 0.985. The van der Waals surface area contributed by atoms with Crippen LogP contribution in [0.5, 0.6) is 0 Å². The summed E-state index contributed by atoms with van der Waals surface area (Å²) in [6.07, 6.45) is 5.83. The molecule has 0 spiro atoms. The van der Waals surface area contributed by atoms with Crippen LogP contribution >= 0.6 is 0 Å². The maximum Gasteiger partial charge on any atom is 0.317 e. The van der Waals surface area contributed by atoms with Crippen molar-refractivity contribution < 1.29 is 30.3 Å². The summed E-state index contributed by atoms with van der Waals surface area (Å²) in [5.74, 6) is 0. The molecule has 0 aliphatic rings. The fraction of sp³-hybridized carbons (Fsp3) is 0.950. The molecule has 8 heteroatoms. The van der Waals surface area contributed by atoms with E-state index in [2.05, 4.69) is 12.2 Å². The number of aliphatic hydroxyl groups excluding tert-OH is 5. The molecule has 28 heavy (non-hydrogen) atoms. The van der Waals surface area contributed by atoms with Gasteiger partial charge in [0.25, 0.3) is 0 Å². The second-order valence-corrected chi connectivity index (χ2v) is 7.59. The number of unbranched alkanes of at least 4 members (excludes halogenated alkanes) is 9. The smallest absolute Gasteiger partial charge is 0.317 e. The summed E-state index contributed by atoms with van der Waals surface area (Å²) in [5.41, 5.74) is 0. The molecule has 0 aliphatic carbocycles. The summed E-state index contributed by atoms with van der Waals surface area (Å²) in [7, 11) is 1.47. The van der Waals surface area contributed by atoms with Crippen LogP contribution in [0.1, 0.15) is 71.1 Å². The lowest BCUT2D eigenvalue weighted by molar-refractivity contribution is -0.117. The van der Waals surface area contributed by atoms with Gasteiger partial charge in [0.15, 0.2) is 0 Å². The molecule has 0 aromatic heterocycles. The van der Waals surface area contributed by atoms with Crippen LogP contribution in [0.25, 0.3) is 0 Å². The van der Waals surface area contributed by atoms with Gasteiger partial charge in [0.1, 0.15) is 24.4 Å². The lowest BCUT2D eigenvalue weighted by Crippen LogP contribution is -2.51. The quantitative estimate of drug-likeness (QED) is 0.200. The van der Waals surface area contributed by atoms with E-state index in [1.807, 2.05) is 0 Å². The third kappa shape index (κ3) is 12.5. The molecule has 4 atom stereocenters. The Morgan fingerprint density at radius 2 is 1.29 bits per heavy atom. The third-order valence-corrected chi connectivity index (χ3v) is 4.94. The first-order chi connectivity index (χ1) is 13.3. The Morgan fingerprint density at radius 1 is 0.821 bits per heavy atom. The van der Waals surface area contributed by atoms with Gasteiger partial charge >= 0.3 is 6.03 Å². The Balaban J connectivity index is 3.78. The number of carbonyl (C=O) groups excluding carboxylic acids is 1. The molecule has 6 N–H and O–H groups in total. The first-order valence-corrected chi connectivity index (χ1v) is 10.7. The van der Waals surface area contributed by atoms with Crippen LogP contribution in [0.2, 0.25) is 0 Å². The van der Waals surface area contributed by atoms with Crippen LogP contribution in [0.4, 0.5) is 4.79 Å². The van der Waals surface area contributed by atoms with E-state index in [9.17, 15) is 25.2 Å². The van der Waals surface area contributed by atoms with Gasteiger partial charge in [-0.2, -0.15) is 0 Å². The van der Waals surface area contributed by atoms with Gasteiger partial charge in [-0.05, 0) is 6.42 Å². The standard InChI is InChI=1S/C20H42N2O6/c1-3-4-5-6-7-8-9-10-11-12-13-21-20(28)22(2)14-16(24)18(26)19(27)17(25)15-23/h16-19,23-27H,3-15H2,1-2H3,(H,21,28). The van der Waals surface area contributed by atoms with Crippen LogP contribution in [-0.2, 0) is 0 Å². The van der Waals surface area contributed by atoms with Crippen LogP contribution in [-0.4, -0.2) is 87.6 Å². The minimum absolute atomic E-state index is 0.208. The normalized spacial score (nSPS) is 15.7. The average Bonchev–Trinajstić information content (AvgIpc) is 2.69. The number of carbonyl (C=O) groups is 1. The summed E-state index contributed by atoms with van der Waals surface area (Å²) in [4.78, 5) is 13.2. The highest BCUT2D eigenvalue weighted by Gasteiger charge is 2.31. The third-order valence-electron chi connectivity index (χ3n) is 4.94. The van der Waals surface area contributed by atoms with Crippen molar-refractivity contribution in [3.8, 4) is 0 Å². The molecular formula is C20H42N2O6. The van der Waals surface area contributed by atoms with Gasteiger partial charge in [0.2, 0.25) is 0 Å². The zero-order valence-corrected chi connectivity index (χ0v) is 17.6. The van der Waals surface area contributed by atoms with Crippen molar-refractivity contribution in [1.29, 1.82) is 0 Å². The van der Waals surface area contributed by atoms with Crippen molar-refractivity contribution >= 4 is 6.03 Å². The van der Waals surface area contributed by atoms with Gasteiger partial charge in [-0.3, -0.25) is 0 Å². The largest absolute Gasteiger partial charge is 0.394 e. The lowest BCUT2D eigenvalue weighted by atomic mass is 10.0. The number of rotatable bonds is 17. The Morgan fingerprint density at radius 3 is 1.79 bits per heavy atom. The summed E-state index contributed by atoms with van der Waals surface area (Å²) < 4.78 is 0. The van der Waals surface area contributed by atoms with E-state index in [0.717, 1.165) is 19.3 Å². The number of hydrogen-bond acceptors (Lipinski definition) is 6. The number of likely N-dealkylation sites (N-methyl/N-ethyl adjacent to an activating group) is 1. The van der Waals surface area contributed by atoms with Gasteiger partial charge in [-0.1, -0.05) is 64.7 Å². The zero-order chi connectivity index (χ0) is 21.4. The highest BCUT2D eigenvalue weighted by molar-refractivity contribution is 5.73. The van der Waals surface area contributed by atoms with Crippen molar-refractivity contribution in [2.45, 2.75) is 95.5 Å². The molecule has 0 radical (unpaired) electrons. The molecule has 0 saturated heterocycles. The van der Waals surface area contributed by atoms with Crippen LogP contribution in [0.15, 0.2) is 0 Å². The second-order valence-electron chi connectivity index (χ2n) is 7.59. The zero-order valence-electron chi connectivity index (χ0n) is 17.6. The Kier molecular flexibility index (Phi) is 16.4. The van der Waals surface area contributed by atoms with Crippen molar-refractivity contribution in [3.63, 3.8) is 0 Å². The van der Waals surface area contributed by atoms with Gasteiger partial charge in [0, 0.05) is 13.6 Å². The molecule has 0 aromatic rings. The maximum absolute atomic E-state index is 12.0. The number of urea groups is 1. The van der Waals surface area contributed by atoms with E-state index in [-0.39, 0.29) is 12.6 Å². The topological polar surface area (TPSA) is 133 Å². The van der Waals surface area contributed by atoms with E-state index in [4.69, 9.17) is 5.11 Å². The summed E-state index contributed by atoms with van der Waals surface area (Å²) in [5, 5.41) is 50.1. The molecular weight excluding hydrogens is 364 g/mol. The van der Waals surface area contributed by atoms with Crippen molar-refractivity contribution in [2.75, 3.05) is 26.7 Å². The number of nitrogens with zero attached hydrogens (tertiary/aromatic N) is 1. The van der Waals surface area contributed by atoms with Crippen molar-refractivity contribution in [3.05, 3.63) is 0 Å². The molecule has 0 aromatic carbocycles. The van der Waals surface area contributed by atoms with Gasteiger partial charge < -0.3 is 35.7 Å². The van der Waals surface area contributed by atoms with E-state index < -0.39 is 31.0 Å². The first-order valence-electron chi connectivity index (χ1n) is 10.7. The highest BCUT2D eigenvalue weighted by Crippen LogP contribution is 2.10. The average molecular weight is 407 g/mol. The number of nitrogens with one attached hydrogen (secondary N) is 1. The number of amides is 2. The van der Waals surface area contributed by atoms with E-state index in [1.54, 1.807) is 0 Å². The molecule has 8 nitrogen and oxygen atoms in total. The minimum atomic E-state index is -1.69. The Bertz CT molecular complexity index is 386. The van der Waals surface area contributed by atoms with Crippen LogP contribution < -0.4 is 5.32 Å². The van der Waals surface area contributed by atoms with Crippen molar-refractivity contribution in [2.24, 2.45) is 0 Å². The number of aliphatic hydroxyl groups is 5. The predicted molar refractivity (Wildman–Crippen MR) is 109 cm³/mol. The second kappa shape index (κ2) is 17.0.